The van der Waals surface area contributed by atoms with Crippen LogP contribution in [0.2, 0.25) is 0 Å². The molecule has 436 valence electrons. The van der Waals surface area contributed by atoms with E-state index in [1.54, 1.807) is 0 Å². The molecule has 0 aliphatic heterocycles. The number of furan rings is 1. The van der Waals surface area contributed by atoms with Crippen LogP contribution in [-0.2, 0) is 39.9 Å². The molecule has 2 heteroatoms. The Morgan fingerprint density at radius 3 is 1.37 bits per heavy atom. The van der Waals surface area contributed by atoms with Gasteiger partial charge >= 0.3 is 0 Å². The van der Waals surface area contributed by atoms with Gasteiger partial charge in [-0.25, -0.2) is 0 Å². The van der Waals surface area contributed by atoms with Crippen LogP contribution in [0, 0.1) is 27.7 Å². The van der Waals surface area contributed by atoms with Crippen molar-refractivity contribution in [2.75, 3.05) is 0 Å². The van der Waals surface area contributed by atoms with E-state index < -0.39 is 0 Å². The highest BCUT2D eigenvalue weighted by Crippen LogP contribution is 2.34. The summed E-state index contributed by atoms with van der Waals surface area (Å²) in [7, 11) is 0. The van der Waals surface area contributed by atoms with Crippen molar-refractivity contribution in [3.05, 3.63) is 272 Å². The van der Waals surface area contributed by atoms with Gasteiger partial charge in [-0.1, -0.05) is 325 Å². The minimum atomic E-state index is 0.0473. The fourth-order valence-corrected chi connectivity index (χ4v) is 11.2. The van der Waals surface area contributed by atoms with E-state index in [0.29, 0.717) is 0 Å². The summed E-state index contributed by atoms with van der Waals surface area (Å²) in [4.78, 5) is 0. The van der Waals surface area contributed by atoms with E-state index in [9.17, 15) is 0 Å². The first kappa shape index (κ1) is 64.4. The maximum Gasteiger partial charge on any atom is 0.238 e. The number of allylic oxidation sites excluding steroid dienone is 6. The van der Waals surface area contributed by atoms with Crippen LogP contribution in [0.25, 0.3) is 33.1 Å². The molecule has 0 aliphatic rings. The number of aryl methyl sites for hydroxylation is 4. The second-order valence-electron chi connectivity index (χ2n) is 28.9. The molecule has 0 atom stereocenters. The van der Waals surface area contributed by atoms with E-state index in [1.165, 1.54) is 111 Å². The first-order valence-corrected chi connectivity index (χ1v) is 30.8. The monoisotopic (exact) mass is 1110 g/mol. The zero-order valence-corrected chi connectivity index (χ0v) is 55.4. The van der Waals surface area contributed by atoms with Crippen LogP contribution in [0.1, 0.15) is 179 Å². The number of para-hydroxylation sites is 2. The molecule has 0 aliphatic carbocycles. The first-order chi connectivity index (χ1) is 39.3. The Labute approximate surface area is 509 Å². The molecule has 0 saturated carbocycles. The van der Waals surface area contributed by atoms with Crippen molar-refractivity contribution >= 4 is 39.6 Å². The molecule has 84 heavy (non-hydrogen) atoms. The minimum absolute atomic E-state index is 0.0473. The highest BCUT2D eigenvalue weighted by Gasteiger charge is 2.31. The van der Waals surface area contributed by atoms with Crippen LogP contribution in [0.4, 0.5) is 0 Å². The van der Waals surface area contributed by atoms with Crippen LogP contribution in [0.15, 0.2) is 215 Å². The molecule has 0 saturated heterocycles. The van der Waals surface area contributed by atoms with E-state index >= 15 is 0 Å². The van der Waals surface area contributed by atoms with Gasteiger partial charge in [-0.05, 0) is 154 Å². The summed E-state index contributed by atoms with van der Waals surface area (Å²) in [6.45, 7) is 47.9. The number of hydrogen-bond acceptors (Lipinski definition) is 1. The van der Waals surface area contributed by atoms with Gasteiger partial charge in [0.2, 0.25) is 6.71 Å². The predicted octanol–water partition coefficient (Wildman–Crippen LogP) is 21.8. The average Bonchev–Trinajstić information content (AvgIpc) is 1.85. The highest BCUT2D eigenvalue weighted by atomic mass is 16.3. The van der Waals surface area contributed by atoms with Crippen LogP contribution in [0.5, 0.6) is 0 Å². The standard InChI is InChI=1S/C48H61B.C21H28.C13H10O/c1-14-18-39(30-37-19-16-15-17-20-37)29-36(4)43(31-38-23-27-40(28-24-38)46(5,6)7)49(44-32-41(47(8,9)10)25-21-34(44)2)45-33-42(48(11,12)13)26-22-35(45)3;1-15-8-11-18(21(5,6)7)14-19(15)16-9-12-17(13-10-16)20(2,3)4;1-9-5-4-7-11-10-6-2-3-8-12(10)14-13(9)11/h14-29,32-33H,30-31H2,1-13H3;8-14H,1-7H3;2-8H,1H3/b18-14+,39-29+,43-36+;;. The lowest BCUT2D eigenvalue weighted by molar-refractivity contribution is 0.589. The Bertz CT molecular complexity index is 3700. The van der Waals surface area contributed by atoms with Gasteiger partial charge in [0.1, 0.15) is 11.2 Å². The van der Waals surface area contributed by atoms with Gasteiger partial charge in [-0.3, -0.25) is 0 Å². The van der Waals surface area contributed by atoms with Crippen LogP contribution in [0.3, 0.4) is 0 Å². The van der Waals surface area contributed by atoms with Crippen molar-refractivity contribution in [1.82, 2.24) is 0 Å². The lowest BCUT2D eigenvalue weighted by atomic mass is 9.33. The maximum absolute atomic E-state index is 5.78. The van der Waals surface area contributed by atoms with Gasteiger partial charge in [0, 0.05) is 10.8 Å². The zero-order chi connectivity index (χ0) is 61.5. The van der Waals surface area contributed by atoms with E-state index in [4.69, 9.17) is 4.42 Å². The van der Waals surface area contributed by atoms with Crippen molar-refractivity contribution in [2.24, 2.45) is 0 Å². The molecule has 9 rings (SSSR count). The normalized spacial score (nSPS) is 12.9. The van der Waals surface area contributed by atoms with Crippen LogP contribution < -0.4 is 10.9 Å². The first-order valence-electron chi connectivity index (χ1n) is 30.8. The molecule has 0 spiro atoms. The molecular weight excluding hydrogens is 1010 g/mol. The number of benzene rings is 8. The summed E-state index contributed by atoms with van der Waals surface area (Å²) in [5.41, 5.74) is 27.0. The Morgan fingerprint density at radius 2 is 0.857 bits per heavy atom. The van der Waals surface area contributed by atoms with Crippen molar-refractivity contribution < 1.29 is 4.42 Å². The molecule has 0 radical (unpaired) electrons. The van der Waals surface area contributed by atoms with E-state index in [0.717, 1.165) is 24.0 Å². The fourth-order valence-electron chi connectivity index (χ4n) is 11.2. The maximum atomic E-state index is 5.78. The molecule has 0 fully saturated rings. The molecule has 0 unspecified atom stereocenters. The minimum Gasteiger partial charge on any atom is -0.456 e. The quantitative estimate of drug-likeness (QED) is 0.0983. The third-order valence-electron chi connectivity index (χ3n) is 16.8. The summed E-state index contributed by atoms with van der Waals surface area (Å²) >= 11 is 0. The molecule has 1 nitrogen and oxygen atoms in total. The molecular formula is C82H99BO. The average molecular weight is 1110 g/mol. The van der Waals surface area contributed by atoms with Crippen molar-refractivity contribution in [2.45, 2.75) is 185 Å². The summed E-state index contributed by atoms with van der Waals surface area (Å²) < 4.78 is 5.78. The third-order valence-corrected chi connectivity index (χ3v) is 16.8. The summed E-state index contributed by atoms with van der Waals surface area (Å²) in [6, 6.07) is 64.9. The molecule has 0 N–H and O–H groups in total. The largest absolute Gasteiger partial charge is 0.456 e. The van der Waals surface area contributed by atoms with Crippen LogP contribution in [-0.4, -0.2) is 6.71 Å². The van der Waals surface area contributed by atoms with Gasteiger partial charge in [0.25, 0.3) is 0 Å². The van der Waals surface area contributed by atoms with Crippen molar-refractivity contribution in [3.63, 3.8) is 0 Å². The topological polar surface area (TPSA) is 13.1 Å². The summed E-state index contributed by atoms with van der Waals surface area (Å²) in [6.07, 6.45) is 8.71. The van der Waals surface area contributed by atoms with E-state index in [1.807, 2.05) is 18.2 Å². The predicted molar refractivity (Wildman–Crippen MR) is 372 cm³/mol. The number of fused-ring (bicyclic) bond motifs is 3. The Hall–Kier alpha value is -7.16. The Morgan fingerprint density at radius 1 is 0.417 bits per heavy atom. The lowest BCUT2D eigenvalue weighted by Gasteiger charge is -2.29. The number of hydrogen-bond donors (Lipinski definition) is 0. The zero-order valence-electron chi connectivity index (χ0n) is 55.4. The third kappa shape index (κ3) is 16.4. The van der Waals surface area contributed by atoms with Gasteiger partial charge < -0.3 is 4.42 Å². The van der Waals surface area contributed by atoms with E-state index in [-0.39, 0.29) is 33.8 Å². The van der Waals surface area contributed by atoms with Gasteiger partial charge in [-0.2, -0.15) is 0 Å². The second kappa shape index (κ2) is 26.4. The molecule has 0 bridgehead atoms. The Balaban J connectivity index is 0.000000232. The molecule has 8 aromatic carbocycles. The van der Waals surface area contributed by atoms with Gasteiger partial charge in [0.05, 0.1) is 0 Å². The smallest absolute Gasteiger partial charge is 0.238 e. The number of rotatable bonds is 10. The van der Waals surface area contributed by atoms with Crippen LogP contribution >= 0.6 is 0 Å². The second-order valence-corrected chi connectivity index (χ2v) is 28.9. The molecule has 9 aromatic rings. The lowest BCUT2D eigenvalue weighted by Crippen LogP contribution is -2.48. The molecule has 0 amide bonds. The van der Waals surface area contributed by atoms with Gasteiger partial charge in [0.15, 0.2) is 0 Å². The summed E-state index contributed by atoms with van der Waals surface area (Å²) in [5, 5.41) is 2.41. The van der Waals surface area contributed by atoms with E-state index in [2.05, 4.69) is 321 Å². The van der Waals surface area contributed by atoms with Crippen molar-refractivity contribution in [1.29, 1.82) is 0 Å². The fraction of sp³-hybridized carbons (Fsp3) is 0.341. The van der Waals surface area contributed by atoms with Gasteiger partial charge in [-0.15, -0.1) is 0 Å². The molecule has 1 heterocycles. The molecule has 1 aromatic heterocycles. The SMILES string of the molecule is C/C=C/C(=C\C(C)=C(/Cc1ccc(C(C)(C)C)cc1)B(c1cc(C(C)(C)C)ccc1C)c1cc(C(C)(C)C)ccc1C)Cc1ccccc1.Cc1ccc(C(C)(C)C)cc1-c1ccc(C(C)(C)C)cc1.Cc1cccc2c1oc1ccccc12. The summed E-state index contributed by atoms with van der Waals surface area (Å²) in [5.74, 6) is 0. The highest BCUT2D eigenvalue weighted by molar-refractivity contribution is 6.91. The van der Waals surface area contributed by atoms with Crippen molar-refractivity contribution in [3.8, 4) is 11.1 Å². The Kier molecular flexibility index (Phi) is 20.2.